The predicted molar refractivity (Wildman–Crippen MR) is 83.5 cm³/mol. The van der Waals surface area contributed by atoms with E-state index in [-0.39, 0.29) is 56.2 Å². The number of hydrogen-bond acceptors (Lipinski definition) is 4. The molecule has 0 saturated carbocycles. The van der Waals surface area contributed by atoms with E-state index in [4.69, 9.17) is 15.0 Å². The molecule has 1 amide bonds. The van der Waals surface area contributed by atoms with Crippen LogP contribution in [0.3, 0.4) is 0 Å². The van der Waals surface area contributed by atoms with Crippen molar-refractivity contribution in [3.8, 4) is 0 Å². The van der Waals surface area contributed by atoms with Gasteiger partial charge in [0.15, 0.2) is 0 Å². The number of ether oxygens (including phenoxy) is 1. The van der Waals surface area contributed by atoms with Crippen LogP contribution in [-0.2, 0) is 11.2 Å². The molecule has 0 spiro atoms. The minimum absolute atomic E-state index is 0. The van der Waals surface area contributed by atoms with Crippen LogP contribution in [-0.4, -0.2) is 33.8 Å². The van der Waals surface area contributed by atoms with Crippen LogP contribution in [0.4, 0.5) is 4.79 Å². The number of nitrogens with zero attached hydrogens (tertiary/aromatic N) is 2. The molecule has 0 bridgehead atoms. The molecule has 1 saturated heterocycles. The molecule has 0 aliphatic carbocycles. The largest absolute Gasteiger partial charge is 0.672 e. The molecule has 1 unspecified atom stereocenters. The number of carbonyl (C=O) groups excluding carboxylic acids is 1. The summed E-state index contributed by atoms with van der Waals surface area (Å²) in [6.07, 6.45) is 1.98. The second-order valence-corrected chi connectivity index (χ2v) is 7.61. The van der Waals surface area contributed by atoms with Gasteiger partial charge in [-0.2, -0.15) is 0 Å². The van der Waals surface area contributed by atoms with Crippen molar-refractivity contribution in [2.24, 2.45) is 0 Å². The van der Waals surface area contributed by atoms with E-state index in [0.29, 0.717) is 18.7 Å². The Morgan fingerprint density at radius 3 is 2.65 bits per heavy atom. The molecule has 1 N–H and O–H groups in total. The van der Waals surface area contributed by atoms with Crippen molar-refractivity contribution in [2.75, 3.05) is 6.54 Å². The number of carbonyl (C=O) groups is 1. The fourth-order valence-corrected chi connectivity index (χ4v) is 2.62. The number of nitrogens with one attached hydrogen (secondary N) is 1. The zero-order valence-electron chi connectivity index (χ0n) is 14.7. The van der Waals surface area contributed by atoms with Crippen LogP contribution in [0.2, 0.25) is 0 Å². The molecular formula is C16H26AcN3O3-. The monoisotopic (exact) mass is 535 g/mol. The number of aromatic nitrogens is 1. The third kappa shape index (κ3) is 6.36. The SMILES string of the molecule is CC(C)([NH-])Cc1cc(C2CCCN2C(=O)OC(C)(C)C)no1.[Ac]. The Morgan fingerprint density at radius 2 is 2.09 bits per heavy atom. The van der Waals surface area contributed by atoms with Gasteiger partial charge in [-0.05, 0) is 40.0 Å². The molecule has 1 aliphatic rings. The second kappa shape index (κ2) is 7.84. The number of amides is 1. The molecule has 127 valence electrons. The van der Waals surface area contributed by atoms with E-state index >= 15 is 0 Å². The van der Waals surface area contributed by atoms with Crippen LogP contribution in [0, 0.1) is 44.1 Å². The van der Waals surface area contributed by atoms with Crippen LogP contribution < -0.4 is 0 Å². The normalized spacial score (nSPS) is 18.7. The van der Waals surface area contributed by atoms with Crippen LogP contribution >= 0.6 is 0 Å². The molecule has 0 aromatic carbocycles. The topological polar surface area (TPSA) is 79.4 Å². The maximum atomic E-state index is 12.3. The van der Waals surface area contributed by atoms with Gasteiger partial charge in [0.1, 0.15) is 17.1 Å². The summed E-state index contributed by atoms with van der Waals surface area (Å²) in [5, 5.41) is 4.10. The Hall–Kier alpha value is -0.118. The van der Waals surface area contributed by atoms with Crippen molar-refractivity contribution >= 4 is 6.09 Å². The van der Waals surface area contributed by atoms with E-state index in [9.17, 15) is 4.79 Å². The van der Waals surface area contributed by atoms with Crippen molar-refractivity contribution in [2.45, 2.75) is 71.1 Å². The van der Waals surface area contributed by atoms with Gasteiger partial charge >= 0.3 is 6.09 Å². The first kappa shape index (κ1) is 20.9. The van der Waals surface area contributed by atoms with Crippen LogP contribution in [0.1, 0.15) is 65.0 Å². The van der Waals surface area contributed by atoms with Crippen molar-refractivity contribution < 1.29 is 58.1 Å². The molecule has 1 aromatic heterocycles. The first-order chi connectivity index (χ1) is 10.1. The molecule has 6 nitrogen and oxygen atoms in total. The van der Waals surface area contributed by atoms with Gasteiger partial charge in [-0.15, -0.1) is 5.54 Å². The second-order valence-electron chi connectivity index (χ2n) is 7.61. The average molecular weight is 535 g/mol. The molecule has 7 heteroatoms. The van der Waals surface area contributed by atoms with Gasteiger partial charge in [-0.3, -0.25) is 4.90 Å². The van der Waals surface area contributed by atoms with E-state index in [1.807, 2.05) is 40.7 Å². The predicted octanol–water partition coefficient (Wildman–Crippen LogP) is 4.12. The fourth-order valence-electron chi connectivity index (χ4n) is 2.62. The van der Waals surface area contributed by atoms with E-state index in [2.05, 4.69) is 5.16 Å². The van der Waals surface area contributed by atoms with Gasteiger partial charge in [-0.1, -0.05) is 19.0 Å². The Labute approximate surface area is 174 Å². The summed E-state index contributed by atoms with van der Waals surface area (Å²) in [6, 6.07) is 1.77. The van der Waals surface area contributed by atoms with E-state index in [1.54, 1.807) is 4.90 Å². The molecule has 2 heterocycles. The van der Waals surface area contributed by atoms with Gasteiger partial charge in [0.2, 0.25) is 0 Å². The quantitative estimate of drug-likeness (QED) is 0.584. The van der Waals surface area contributed by atoms with Crippen LogP contribution in [0.5, 0.6) is 0 Å². The van der Waals surface area contributed by atoms with Crippen LogP contribution in [0.25, 0.3) is 5.73 Å². The summed E-state index contributed by atoms with van der Waals surface area (Å²) < 4.78 is 10.8. The summed E-state index contributed by atoms with van der Waals surface area (Å²) in [7, 11) is 0. The minimum atomic E-state index is -0.600. The summed E-state index contributed by atoms with van der Waals surface area (Å²) in [6.45, 7) is 9.92. The minimum Gasteiger partial charge on any atom is -0.672 e. The first-order valence-corrected chi connectivity index (χ1v) is 7.75. The van der Waals surface area contributed by atoms with Gasteiger partial charge in [-0.25, -0.2) is 4.79 Å². The number of likely N-dealkylation sites (tertiary alicyclic amines) is 1. The Morgan fingerprint density at radius 1 is 1.43 bits per heavy atom. The smallest absolute Gasteiger partial charge is 0.410 e. The standard InChI is InChI=1S/C16H26N3O3.Ac/c1-15(2,3)21-14(20)19-8-6-7-13(19)12-9-11(22-18-12)10-16(4,5)17;/h9,13,17H,6-8,10H2,1-5H3;/q-1;. The maximum absolute atomic E-state index is 12.3. The van der Waals surface area contributed by atoms with Crippen molar-refractivity contribution in [3.05, 3.63) is 23.3 Å². The van der Waals surface area contributed by atoms with Crippen LogP contribution in [0.15, 0.2) is 10.6 Å². The van der Waals surface area contributed by atoms with Crippen molar-refractivity contribution in [1.82, 2.24) is 10.1 Å². The average Bonchev–Trinajstić information content (AvgIpc) is 2.91. The summed E-state index contributed by atoms with van der Waals surface area (Å²) in [4.78, 5) is 14.0. The van der Waals surface area contributed by atoms with E-state index in [0.717, 1.165) is 18.5 Å². The molecule has 1 atom stereocenters. The van der Waals surface area contributed by atoms with E-state index < -0.39 is 11.1 Å². The zero-order chi connectivity index (χ0) is 16.5. The van der Waals surface area contributed by atoms with Gasteiger partial charge in [0.25, 0.3) is 0 Å². The summed E-state index contributed by atoms with van der Waals surface area (Å²) >= 11 is 0. The third-order valence-electron chi connectivity index (χ3n) is 3.42. The first-order valence-electron chi connectivity index (χ1n) is 7.75. The summed E-state index contributed by atoms with van der Waals surface area (Å²) in [5.41, 5.74) is 7.57. The molecule has 23 heavy (non-hydrogen) atoms. The maximum Gasteiger partial charge on any atom is 0.410 e. The van der Waals surface area contributed by atoms with Gasteiger partial charge in [0, 0.05) is 56.7 Å². The summed E-state index contributed by atoms with van der Waals surface area (Å²) in [5.74, 6) is 0.686. The van der Waals surface area contributed by atoms with Crippen molar-refractivity contribution in [3.63, 3.8) is 0 Å². The molecular weight excluding hydrogens is 509 g/mol. The molecule has 1 aliphatic heterocycles. The van der Waals surface area contributed by atoms with E-state index in [1.165, 1.54) is 0 Å². The third-order valence-corrected chi connectivity index (χ3v) is 3.42. The van der Waals surface area contributed by atoms with Gasteiger partial charge < -0.3 is 15.0 Å². The number of hydrogen-bond donors (Lipinski definition) is 0. The zero-order valence-corrected chi connectivity index (χ0v) is 19.4. The molecule has 1 aromatic rings. The molecule has 2 rings (SSSR count). The number of rotatable bonds is 3. The fraction of sp³-hybridized carbons (Fsp3) is 0.750. The molecule has 1 radical (unpaired) electrons. The molecule has 1 fully saturated rings. The Bertz CT molecular complexity index is 531. The van der Waals surface area contributed by atoms with Gasteiger partial charge in [0.05, 0.1) is 6.04 Å². The Balaban J connectivity index is 0.00000264. The Kier molecular flexibility index (Phi) is 7.13. The van der Waals surface area contributed by atoms with Crippen molar-refractivity contribution in [1.29, 1.82) is 0 Å².